The fraction of sp³-hybridized carbons (Fsp3) is 0.250. The molecule has 0 saturated heterocycles. The van der Waals surface area contributed by atoms with E-state index < -0.39 is 8.07 Å². The van der Waals surface area contributed by atoms with Crippen LogP contribution in [0.3, 0.4) is 0 Å². The van der Waals surface area contributed by atoms with Crippen LogP contribution in [0.15, 0.2) is 87.0 Å². The van der Waals surface area contributed by atoms with Gasteiger partial charge in [0.25, 0.3) is 0 Å². The van der Waals surface area contributed by atoms with Gasteiger partial charge in [-0.3, -0.25) is 0 Å². The quantitative estimate of drug-likeness (QED) is 0.519. The van der Waals surface area contributed by atoms with E-state index in [-0.39, 0.29) is 0 Å². The standard InChI is InChI=1S/C24H24SSi/c1-15-13-20-16(2)18-11-12-25-22(18)14-21(20)24(15)26(3,4)23-10-9-17-7-5-6-8-19(17)23/h5-14,22-23H,1-4H3. The van der Waals surface area contributed by atoms with Crippen molar-refractivity contribution >= 4 is 25.9 Å². The Morgan fingerprint density at radius 1 is 1.00 bits per heavy atom. The van der Waals surface area contributed by atoms with Crippen molar-refractivity contribution in [2.45, 2.75) is 37.7 Å². The van der Waals surface area contributed by atoms with Crippen LogP contribution in [0, 0.1) is 0 Å². The van der Waals surface area contributed by atoms with Gasteiger partial charge in [0.05, 0.1) is 13.3 Å². The smallest absolute Gasteiger partial charge is 0.0931 e. The van der Waals surface area contributed by atoms with Crippen molar-refractivity contribution in [2.75, 3.05) is 0 Å². The third kappa shape index (κ3) is 2.15. The minimum atomic E-state index is -1.71. The maximum atomic E-state index is 2.56. The zero-order valence-electron chi connectivity index (χ0n) is 15.8. The summed E-state index contributed by atoms with van der Waals surface area (Å²) in [6, 6.07) is 8.95. The first-order chi connectivity index (χ1) is 12.5. The Morgan fingerprint density at radius 2 is 1.81 bits per heavy atom. The topological polar surface area (TPSA) is 0 Å². The van der Waals surface area contributed by atoms with E-state index in [1.54, 1.807) is 10.8 Å². The number of benzene rings is 1. The highest BCUT2D eigenvalue weighted by molar-refractivity contribution is 8.03. The van der Waals surface area contributed by atoms with Crippen molar-refractivity contribution in [3.63, 3.8) is 0 Å². The van der Waals surface area contributed by atoms with E-state index in [2.05, 4.69) is 87.0 Å². The Morgan fingerprint density at radius 3 is 2.65 bits per heavy atom. The van der Waals surface area contributed by atoms with E-state index in [1.807, 2.05) is 11.8 Å². The van der Waals surface area contributed by atoms with E-state index >= 15 is 0 Å². The number of thioether (sulfide) groups is 1. The Hall–Kier alpha value is -1.77. The van der Waals surface area contributed by atoms with Gasteiger partial charge in [-0.15, -0.1) is 11.8 Å². The summed E-state index contributed by atoms with van der Waals surface area (Å²) >= 11 is 1.95. The summed E-state index contributed by atoms with van der Waals surface area (Å²) in [7, 11) is -1.71. The van der Waals surface area contributed by atoms with Gasteiger partial charge in [0.15, 0.2) is 0 Å². The molecule has 1 aliphatic heterocycles. The molecule has 0 N–H and O–H groups in total. The van der Waals surface area contributed by atoms with Gasteiger partial charge in [0.1, 0.15) is 0 Å². The van der Waals surface area contributed by atoms with E-state index in [0.29, 0.717) is 10.8 Å². The fourth-order valence-corrected chi connectivity index (χ4v) is 10.2. The van der Waals surface area contributed by atoms with Crippen molar-refractivity contribution in [3.8, 4) is 0 Å². The second-order valence-corrected chi connectivity index (χ2v) is 13.9. The zero-order chi connectivity index (χ0) is 18.1. The SMILES string of the molecule is CC1=C([Si](C)(C)C2C=Cc3ccccc32)C2=CC3SC=CC3=C(C)C2=C1. The predicted octanol–water partition coefficient (Wildman–Crippen LogP) is 6.73. The molecule has 2 heteroatoms. The summed E-state index contributed by atoms with van der Waals surface area (Å²) in [4.78, 5) is 0. The van der Waals surface area contributed by atoms with Crippen LogP contribution in [0.1, 0.15) is 30.5 Å². The lowest BCUT2D eigenvalue weighted by Gasteiger charge is -2.35. The van der Waals surface area contributed by atoms with Crippen LogP contribution < -0.4 is 0 Å². The summed E-state index contributed by atoms with van der Waals surface area (Å²) < 4.78 is 0. The second-order valence-electron chi connectivity index (χ2n) is 8.32. The molecule has 0 nitrogen and oxygen atoms in total. The van der Waals surface area contributed by atoms with Gasteiger partial charge in [-0.1, -0.05) is 73.3 Å². The molecule has 2 unspecified atom stereocenters. The number of rotatable bonds is 2. The first-order valence-electron chi connectivity index (χ1n) is 9.44. The van der Waals surface area contributed by atoms with Gasteiger partial charge in [-0.2, -0.15) is 0 Å². The summed E-state index contributed by atoms with van der Waals surface area (Å²) in [5.41, 5.74) is 11.0. The van der Waals surface area contributed by atoms with Crippen LogP contribution >= 0.6 is 11.8 Å². The normalized spacial score (nSPS) is 26.2. The Labute approximate surface area is 161 Å². The Balaban J connectivity index is 1.60. The Kier molecular flexibility index (Phi) is 3.54. The highest BCUT2D eigenvalue weighted by Crippen LogP contribution is 2.51. The molecular weight excluding hydrogens is 348 g/mol. The average Bonchev–Trinajstić information content (AvgIpc) is 3.31. The summed E-state index contributed by atoms with van der Waals surface area (Å²) in [6.45, 7) is 9.77. The van der Waals surface area contributed by atoms with E-state index in [0.717, 1.165) is 0 Å². The molecule has 1 aromatic rings. The molecule has 0 amide bonds. The van der Waals surface area contributed by atoms with Gasteiger partial charge in [-0.05, 0) is 57.9 Å². The number of fused-ring (bicyclic) bond motifs is 3. The fourth-order valence-electron chi connectivity index (χ4n) is 5.23. The Bertz CT molecular complexity index is 1010. The lowest BCUT2D eigenvalue weighted by molar-refractivity contribution is 1.14. The minimum absolute atomic E-state index is 0.513. The lowest BCUT2D eigenvalue weighted by atomic mass is 9.89. The van der Waals surface area contributed by atoms with Crippen molar-refractivity contribution in [2.24, 2.45) is 0 Å². The summed E-state index contributed by atoms with van der Waals surface area (Å²) in [5, 5.41) is 4.45. The van der Waals surface area contributed by atoms with Gasteiger partial charge in [-0.25, -0.2) is 0 Å². The number of allylic oxidation sites excluding steroid dienone is 8. The zero-order valence-corrected chi connectivity index (χ0v) is 17.7. The van der Waals surface area contributed by atoms with Gasteiger partial charge in [0, 0.05) is 5.54 Å². The molecule has 130 valence electrons. The average molecular weight is 373 g/mol. The maximum Gasteiger partial charge on any atom is 0.0931 e. The van der Waals surface area contributed by atoms with Crippen LogP contribution in [-0.4, -0.2) is 13.3 Å². The molecule has 1 aromatic carbocycles. The molecule has 0 bridgehead atoms. The van der Waals surface area contributed by atoms with Crippen molar-refractivity contribution < 1.29 is 0 Å². The highest BCUT2D eigenvalue weighted by Gasteiger charge is 2.43. The molecule has 4 aliphatic rings. The van der Waals surface area contributed by atoms with Crippen LogP contribution in [-0.2, 0) is 0 Å². The third-order valence-electron chi connectivity index (χ3n) is 6.47. The van der Waals surface area contributed by atoms with Crippen LogP contribution in [0.2, 0.25) is 13.1 Å². The van der Waals surface area contributed by atoms with Gasteiger partial charge >= 0.3 is 0 Å². The van der Waals surface area contributed by atoms with E-state index in [1.165, 1.54) is 33.4 Å². The molecule has 0 spiro atoms. The molecule has 0 fully saturated rings. The first-order valence-corrected chi connectivity index (χ1v) is 13.5. The van der Waals surface area contributed by atoms with Crippen molar-refractivity contribution in [1.29, 1.82) is 0 Å². The lowest BCUT2D eigenvalue weighted by Crippen LogP contribution is -2.38. The summed E-state index contributed by atoms with van der Waals surface area (Å²) in [6.07, 6.45) is 12.1. The molecule has 0 aromatic heterocycles. The monoisotopic (exact) mass is 372 g/mol. The van der Waals surface area contributed by atoms with E-state index in [9.17, 15) is 0 Å². The number of hydrogen-bond acceptors (Lipinski definition) is 1. The van der Waals surface area contributed by atoms with Crippen LogP contribution in [0.25, 0.3) is 6.08 Å². The van der Waals surface area contributed by atoms with Crippen molar-refractivity contribution in [1.82, 2.24) is 0 Å². The largest absolute Gasteiger partial charge is 0.122 e. The molecular formula is C24H24SSi. The maximum absolute atomic E-state index is 2.56. The second kappa shape index (κ2) is 5.61. The van der Waals surface area contributed by atoms with Gasteiger partial charge in [0.2, 0.25) is 0 Å². The van der Waals surface area contributed by atoms with E-state index in [4.69, 9.17) is 0 Å². The molecule has 1 heterocycles. The molecule has 0 radical (unpaired) electrons. The predicted molar refractivity (Wildman–Crippen MR) is 118 cm³/mol. The highest BCUT2D eigenvalue weighted by atomic mass is 32.2. The summed E-state index contributed by atoms with van der Waals surface area (Å²) in [5.74, 6) is 0. The molecule has 26 heavy (non-hydrogen) atoms. The number of hydrogen-bond donors (Lipinski definition) is 0. The van der Waals surface area contributed by atoms with Crippen molar-refractivity contribution in [3.05, 3.63) is 98.2 Å². The molecule has 5 rings (SSSR count). The molecule has 3 aliphatic carbocycles. The third-order valence-corrected chi connectivity index (χ3v) is 11.5. The van der Waals surface area contributed by atoms with Gasteiger partial charge < -0.3 is 0 Å². The first kappa shape index (κ1) is 16.4. The van der Waals surface area contributed by atoms with Crippen LogP contribution in [0.5, 0.6) is 0 Å². The van der Waals surface area contributed by atoms with Crippen LogP contribution in [0.4, 0.5) is 0 Å². The molecule has 0 saturated carbocycles. The minimum Gasteiger partial charge on any atom is -0.122 e. The molecule has 2 atom stereocenters.